The molecule has 1 aromatic carbocycles. The molecule has 1 saturated heterocycles. The fraction of sp³-hybridized carbons (Fsp3) is 0.400. The van der Waals surface area contributed by atoms with E-state index in [4.69, 9.17) is 16.0 Å². The van der Waals surface area contributed by atoms with Gasteiger partial charge >= 0.3 is 0 Å². The van der Waals surface area contributed by atoms with Crippen molar-refractivity contribution in [3.05, 3.63) is 47.2 Å². The van der Waals surface area contributed by atoms with Gasteiger partial charge in [-0.2, -0.15) is 0 Å². The lowest BCUT2D eigenvalue weighted by Gasteiger charge is -2.30. The van der Waals surface area contributed by atoms with E-state index >= 15 is 0 Å². The number of carbonyl (C=O) groups excluding carboxylic acids is 2. The first-order chi connectivity index (χ1) is 12.6. The van der Waals surface area contributed by atoms with Crippen LogP contribution in [0.2, 0.25) is 5.02 Å². The topological polar surface area (TPSA) is 62.6 Å². The molecule has 26 heavy (non-hydrogen) atoms. The van der Waals surface area contributed by atoms with Crippen LogP contribution >= 0.6 is 11.6 Å². The van der Waals surface area contributed by atoms with Crippen molar-refractivity contribution in [2.24, 2.45) is 5.92 Å². The second-order valence-electron chi connectivity index (χ2n) is 6.50. The predicted molar refractivity (Wildman–Crippen MR) is 101 cm³/mol. The van der Waals surface area contributed by atoms with Crippen LogP contribution in [0.1, 0.15) is 36.7 Å². The molecule has 0 radical (unpaired) electrons. The van der Waals surface area contributed by atoms with Gasteiger partial charge < -0.3 is 14.6 Å². The highest BCUT2D eigenvalue weighted by atomic mass is 35.5. The molecular formula is C20H23ClN2O3. The Morgan fingerprint density at radius 1 is 1.19 bits per heavy atom. The molecule has 6 heteroatoms. The number of furan rings is 1. The summed E-state index contributed by atoms with van der Waals surface area (Å²) in [6.07, 6.45) is 2.29. The van der Waals surface area contributed by atoms with Crippen LogP contribution in [0.4, 0.5) is 0 Å². The molecule has 0 unspecified atom stereocenters. The largest absolute Gasteiger partial charge is 0.451 e. The first-order valence-corrected chi connectivity index (χ1v) is 9.39. The lowest BCUT2D eigenvalue weighted by Crippen LogP contribution is -2.43. The highest BCUT2D eigenvalue weighted by Crippen LogP contribution is 2.30. The van der Waals surface area contributed by atoms with Crippen LogP contribution in [0, 0.1) is 5.92 Å². The fourth-order valence-corrected chi connectivity index (χ4v) is 3.38. The van der Waals surface area contributed by atoms with Gasteiger partial charge in [0.2, 0.25) is 5.91 Å². The molecule has 3 rings (SSSR count). The van der Waals surface area contributed by atoms with Gasteiger partial charge in [0.1, 0.15) is 5.76 Å². The molecule has 2 heterocycles. The highest BCUT2D eigenvalue weighted by molar-refractivity contribution is 6.33. The van der Waals surface area contributed by atoms with Crippen LogP contribution < -0.4 is 5.32 Å². The van der Waals surface area contributed by atoms with E-state index < -0.39 is 0 Å². The zero-order valence-corrected chi connectivity index (χ0v) is 15.6. The Morgan fingerprint density at radius 2 is 1.92 bits per heavy atom. The summed E-state index contributed by atoms with van der Waals surface area (Å²) in [6.45, 7) is 3.85. The third-order valence-electron chi connectivity index (χ3n) is 4.66. The van der Waals surface area contributed by atoms with Gasteiger partial charge in [0.05, 0.1) is 5.02 Å². The molecule has 0 bridgehead atoms. The molecule has 1 aliphatic rings. The summed E-state index contributed by atoms with van der Waals surface area (Å²) in [6, 6.07) is 10.8. The lowest BCUT2D eigenvalue weighted by atomic mass is 9.95. The van der Waals surface area contributed by atoms with Crippen molar-refractivity contribution in [2.45, 2.75) is 26.2 Å². The number of amides is 2. The minimum absolute atomic E-state index is 0.0131. The maximum atomic E-state index is 12.7. The summed E-state index contributed by atoms with van der Waals surface area (Å²) < 4.78 is 5.74. The summed E-state index contributed by atoms with van der Waals surface area (Å²) >= 11 is 6.18. The number of carbonyl (C=O) groups is 2. The number of halogens is 1. The third kappa shape index (κ3) is 4.10. The molecule has 1 N–H and O–H groups in total. The zero-order chi connectivity index (χ0) is 18.5. The summed E-state index contributed by atoms with van der Waals surface area (Å²) in [5, 5.41) is 3.51. The predicted octanol–water partition coefficient (Wildman–Crippen LogP) is 3.98. The van der Waals surface area contributed by atoms with Gasteiger partial charge in [-0.3, -0.25) is 9.59 Å². The van der Waals surface area contributed by atoms with E-state index in [2.05, 4.69) is 5.32 Å². The first-order valence-electron chi connectivity index (χ1n) is 9.02. The van der Waals surface area contributed by atoms with Gasteiger partial charge in [0.15, 0.2) is 5.76 Å². The number of rotatable bonds is 5. The van der Waals surface area contributed by atoms with Crippen LogP contribution in [-0.4, -0.2) is 36.3 Å². The van der Waals surface area contributed by atoms with Gasteiger partial charge in [-0.25, -0.2) is 0 Å². The van der Waals surface area contributed by atoms with Gasteiger partial charge in [-0.1, -0.05) is 30.7 Å². The van der Waals surface area contributed by atoms with Gasteiger partial charge in [0, 0.05) is 31.1 Å². The SMILES string of the molecule is CCCNC(=O)C1CCN(C(=O)c2ccc(-c3ccccc3Cl)o2)CC1. The molecule has 2 aromatic rings. The fourth-order valence-electron chi connectivity index (χ4n) is 3.15. The Hall–Kier alpha value is -2.27. The van der Waals surface area contributed by atoms with E-state index in [0.29, 0.717) is 49.0 Å². The quantitative estimate of drug-likeness (QED) is 0.861. The van der Waals surface area contributed by atoms with E-state index in [1.807, 2.05) is 25.1 Å². The summed E-state index contributed by atoms with van der Waals surface area (Å²) in [5.74, 6) is 0.816. The number of benzene rings is 1. The van der Waals surface area contributed by atoms with Crippen molar-refractivity contribution in [2.75, 3.05) is 19.6 Å². The number of likely N-dealkylation sites (tertiary alicyclic amines) is 1. The number of piperidine rings is 1. The Kier molecular flexibility index (Phi) is 5.99. The standard InChI is InChI=1S/C20H23ClN2O3/c1-2-11-22-19(24)14-9-12-23(13-10-14)20(25)18-8-7-17(26-18)15-5-3-4-6-16(15)21/h3-8,14H,2,9-13H2,1H3,(H,22,24). The zero-order valence-electron chi connectivity index (χ0n) is 14.8. The molecule has 0 spiro atoms. The van der Waals surface area contributed by atoms with Crippen molar-refractivity contribution < 1.29 is 14.0 Å². The Morgan fingerprint density at radius 3 is 2.62 bits per heavy atom. The molecule has 0 atom stereocenters. The molecule has 2 amide bonds. The second-order valence-corrected chi connectivity index (χ2v) is 6.91. The van der Waals surface area contributed by atoms with Crippen molar-refractivity contribution >= 4 is 23.4 Å². The third-order valence-corrected chi connectivity index (χ3v) is 4.99. The minimum Gasteiger partial charge on any atom is -0.451 e. The van der Waals surface area contributed by atoms with Crippen molar-refractivity contribution in [1.29, 1.82) is 0 Å². The van der Waals surface area contributed by atoms with E-state index in [0.717, 1.165) is 12.0 Å². The Labute approximate surface area is 158 Å². The molecule has 1 aromatic heterocycles. The molecule has 5 nitrogen and oxygen atoms in total. The van der Waals surface area contributed by atoms with Crippen LogP contribution in [0.3, 0.4) is 0 Å². The molecule has 1 aliphatic heterocycles. The molecule has 1 fully saturated rings. The number of nitrogens with one attached hydrogen (secondary N) is 1. The summed E-state index contributed by atoms with van der Waals surface area (Å²) in [5.41, 5.74) is 0.763. The minimum atomic E-state index is -0.143. The maximum absolute atomic E-state index is 12.7. The van der Waals surface area contributed by atoms with Gasteiger partial charge in [-0.05, 0) is 43.5 Å². The van der Waals surface area contributed by atoms with E-state index in [1.165, 1.54) is 0 Å². The van der Waals surface area contributed by atoms with E-state index in [-0.39, 0.29) is 17.7 Å². The number of hydrogen-bond donors (Lipinski definition) is 1. The van der Waals surface area contributed by atoms with Crippen molar-refractivity contribution in [1.82, 2.24) is 10.2 Å². The summed E-state index contributed by atoms with van der Waals surface area (Å²) in [4.78, 5) is 26.5. The molecular weight excluding hydrogens is 352 g/mol. The van der Waals surface area contributed by atoms with Gasteiger partial charge in [-0.15, -0.1) is 0 Å². The lowest BCUT2D eigenvalue weighted by molar-refractivity contribution is -0.126. The second kappa shape index (κ2) is 8.41. The van der Waals surface area contributed by atoms with Crippen LogP contribution in [-0.2, 0) is 4.79 Å². The number of nitrogens with zero attached hydrogens (tertiary/aromatic N) is 1. The maximum Gasteiger partial charge on any atom is 0.289 e. The van der Waals surface area contributed by atoms with Crippen molar-refractivity contribution in [3.8, 4) is 11.3 Å². The van der Waals surface area contributed by atoms with E-state index in [9.17, 15) is 9.59 Å². The first kappa shape index (κ1) is 18.5. The van der Waals surface area contributed by atoms with E-state index in [1.54, 1.807) is 23.1 Å². The number of hydrogen-bond acceptors (Lipinski definition) is 3. The Balaban J connectivity index is 1.61. The summed E-state index contributed by atoms with van der Waals surface area (Å²) in [7, 11) is 0. The van der Waals surface area contributed by atoms with Crippen LogP contribution in [0.5, 0.6) is 0 Å². The van der Waals surface area contributed by atoms with Crippen LogP contribution in [0.25, 0.3) is 11.3 Å². The highest BCUT2D eigenvalue weighted by Gasteiger charge is 2.29. The smallest absolute Gasteiger partial charge is 0.289 e. The average Bonchev–Trinajstić information content (AvgIpc) is 3.16. The molecule has 0 aliphatic carbocycles. The van der Waals surface area contributed by atoms with Crippen LogP contribution in [0.15, 0.2) is 40.8 Å². The Bertz CT molecular complexity index is 779. The molecule has 0 saturated carbocycles. The normalized spacial score (nSPS) is 15.1. The molecule has 138 valence electrons. The monoisotopic (exact) mass is 374 g/mol. The van der Waals surface area contributed by atoms with Crippen molar-refractivity contribution in [3.63, 3.8) is 0 Å². The van der Waals surface area contributed by atoms with Gasteiger partial charge in [0.25, 0.3) is 5.91 Å². The average molecular weight is 375 g/mol.